The second kappa shape index (κ2) is 11.2. The Kier molecular flexibility index (Phi) is 6.43. The van der Waals surface area contributed by atoms with Crippen LogP contribution in [-0.2, 0) is 0 Å². The van der Waals surface area contributed by atoms with Crippen LogP contribution >= 0.6 is 0 Å². The van der Waals surface area contributed by atoms with Crippen molar-refractivity contribution in [2.24, 2.45) is 0 Å². The van der Waals surface area contributed by atoms with Gasteiger partial charge in [-0.1, -0.05) is 140 Å². The minimum atomic E-state index is 0.562. The fourth-order valence-corrected chi connectivity index (χ4v) is 6.41. The molecule has 0 N–H and O–H groups in total. The third-order valence-electron chi connectivity index (χ3n) is 8.71. The number of nitrogens with zero attached hydrogens (tertiary/aromatic N) is 3. The van der Waals surface area contributed by atoms with Crippen LogP contribution in [0.2, 0.25) is 0 Å². The van der Waals surface area contributed by atoms with Gasteiger partial charge < -0.3 is 4.42 Å². The molecule has 0 fully saturated rings. The van der Waals surface area contributed by atoms with E-state index < -0.39 is 0 Å². The Bertz CT molecular complexity index is 2560. The van der Waals surface area contributed by atoms with Crippen LogP contribution in [0.5, 0.6) is 0 Å². The minimum Gasteiger partial charge on any atom is -0.455 e. The maximum atomic E-state index is 6.78. The summed E-state index contributed by atoms with van der Waals surface area (Å²) in [6.45, 7) is 0. The first-order valence-corrected chi connectivity index (χ1v) is 15.7. The molecule has 0 aliphatic heterocycles. The standard InChI is InChI=1S/C43H27N3O/c1-4-13-28(14-5-1)31-21-12-22-34(25-31)42-44-41(30-17-8-3-9-18-30)45-43(46-42)36-24-23-35(29-15-6-2-7-16-29)39-37-26-32-19-10-11-20-33(32)27-38(37)47-40(36)39/h1-27H. The highest BCUT2D eigenvalue weighted by atomic mass is 16.3. The molecule has 47 heavy (non-hydrogen) atoms. The van der Waals surface area contributed by atoms with Gasteiger partial charge in [0, 0.05) is 21.9 Å². The Morgan fingerprint density at radius 3 is 1.62 bits per heavy atom. The predicted octanol–water partition coefficient (Wildman–Crippen LogP) is 11.3. The number of furan rings is 1. The van der Waals surface area contributed by atoms with Crippen LogP contribution in [0.1, 0.15) is 0 Å². The molecular formula is C43H27N3O. The highest BCUT2D eigenvalue weighted by Crippen LogP contribution is 2.42. The molecule has 0 saturated heterocycles. The van der Waals surface area contributed by atoms with Crippen molar-refractivity contribution in [3.05, 3.63) is 164 Å². The summed E-state index contributed by atoms with van der Waals surface area (Å²) < 4.78 is 6.78. The maximum Gasteiger partial charge on any atom is 0.167 e. The summed E-state index contributed by atoms with van der Waals surface area (Å²) in [7, 11) is 0. The first kappa shape index (κ1) is 27.0. The summed E-state index contributed by atoms with van der Waals surface area (Å²) in [6.07, 6.45) is 0. The fourth-order valence-electron chi connectivity index (χ4n) is 6.41. The lowest BCUT2D eigenvalue weighted by atomic mass is 9.96. The molecule has 0 unspecified atom stereocenters. The highest BCUT2D eigenvalue weighted by molar-refractivity contribution is 6.18. The summed E-state index contributed by atoms with van der Waals surface area (Å²) in [5, 5.41) is 4.41. The Hall–Kier alpha value is -6.39. The number of benzene rings is 7. The van der Waals surface area contributed by atoms with Gasteiger partial charge in [0.15, 0.2) is 17.5 Å². The van der Waals surface area contributed by atoms with Gasteiger partial charge in [-0.3, -0.25) is 0 Å². The zero-order valence-corrected chi connectivity index (χ0v) is 25.3. The van der Waals surface area contributed by atoms with E-state index >= 15 is 0 Å². The van der Waals surface area contributed by atoms with E-state index in [9.17, 15) is 0 Å². The van der Waals surface area contributed by atoms with Gasteiger partial charge in [-0.25, -0.2) is 15.0 Å². The Morgan fingerprint density at radius 2 is 0.894 bits per heavy atom. The monoisotopic (exact) mass is 601 g/mol. The SMILES string of the molecule is c1ccc(-c2cccc(-c3nc(-c4ccccc4)nc(-c4ccc(-c5ccccc5)c5c4oc4cc6ccccc6cc45)n3)c2)cc1. The van der Waals surface area contributed by atoms with Crippen molar-refractivity contribution in [1.29, 1.82) is 0 Å². The molecule has 0 bridgehead atoms. The van der Waals surface area contributed by atoms with Crippen LogP contribution in [0.3, 0.4) is 0 Å². The molecule has 9 rings (SSSR count). The van der Waals surface area contributed by atoms with E-state index in [2.05, 4.69) is 121 Å². The van der Waals surface area contributed by atoms with Gasteiger partial charge in [0.05, 0.1) is 5.56 Å². The third kappa shape index (κ3) is 4.84. The second-order valence-electron chi connectivity index (χ2n) is 11.6. The molecule has 7 aromatic carbocycles. The molecule has 0 radical (unpaired) electrons. The molecule has 0 spiro atoms. The lowest BCUT2D eigenvalue weighted by Crippen LogP contribution is -2.00. The molecule has 220 valence electrons. The first-order chi connectivity index (χ1) is 23.3. The molecule has 0 saturated carbocycles. The number of fused-ring (bicyclic) bond motifs is 4. The minimum absolute atomic E-state index is 0.562. The van der Waals surface area contributed by atoms with Crippen molar-refractivity contribution in [3.8, 4) is 56.4 Å². The average molecular weight is 602 g/mol. The summed E-state index contributed by atoms with van der Waals surface area (Å²) >= 11 is 0. The van der Waals surface area contributed by atoms with Gasteiger partial charge in [-0.15, -0.1) is 0 Å². The van der Waals surface area contributed by atoms with Crippen molar-refractivity contribution in [1.82, 2.24) is 15.0 Å². The summed E-state index contributed by atoms with van der Waals surface area (Å²) in [4.78, 5) is 15.2. The van der Waals surface area contributed by atoms with Gasteiger partial charge in [-0.2, -0.15) is 0 Å². The lowest BCUT2D eigenvalue weighted by molar-refractivity contribution is 0.670. The topological polar surface area (TPSA) is 51.8 Å². The zero-order valence-electron chi connectivity index (χ0n) is 25.3. The number of hydrogen-bond donors (Lipinski definition) is 0. The average Bonchev–Trinajstić information content (AvgIpc) is 3.52. The molecule has 2 aromatic heterocycles. The fraction of sp³-hybridized carbons (Fsp3) is 0. The van der Waals surface area contributed by atoms with E-state index in [0.717, 1.165) is 66.3 Å². The quantitative estimate of drug-likeness (QED) is 0.197. The molecule has 9 aromatic rings. The summed E-state index contributed by atoms with van der Waals surface area (Å²) in [5.74, 6) is 1.78. The van der Waals surface area contributed by atoms with Gasteiger partial charge in [0.2, 0.25) is 0 Å². The van der Waals surface area contributed by atoms with Crippen molar-refractivity contribution in [3.63, 3.8) is 0 Å². The van der Waals surface area contributed by atoms with Crippen LogP contribution in [0.25, 0.3) is 89.1 Å². The maximum absolute atomic E-state index is 6.78. The molecule has 0 aliphatic carbocycles. The lowest BCUT2D eigenvalue weighted by Gasteiger charge is -2.11. The van der Waals surface area contributed by atoms with Gasteiger partial charge in [-0.05, 0) is 57.3 Å². The summed E-state index contributed by atoms with van der Waals surface area (Å²) in [6, 6.07) is 56.3. The predicted molar refractivity (Wildman–Crippen MR) is 192 cm³/mol. The first-order valence-electron chi connectivity index (χ1n) is 15.7. The summed E-state index contributed by atoms with van der Waals surface area (Å²) in [5.41, 5.74) is 8.71. The van der Waals surface area contributed by atoms with E-state index in [1.807, 2.05) is 42.5 Å². The Balaban J connectivity index is 1.31. The molecule has 0 aliphatic rings. The normalized spacial score (nSPS) is 11.4. The molecule has 0 atom stereocenters. The van der Waals surface area contributed by atoms with E-state index in [-0.39, 0.29) is 0 Å². The highest BCUT2D eigenvalue weighted by Gasteiger charge is 2.21. The molecule has 0 amide bonds. The number of hydrogen-bond acceptors (Lipinski definition) is 4. The van der Waals surface area contributed by atoms with Crippen molar-refractivity contribution in [2.45, 2.75) is 0 Å². The van der Waals surface area contributed by atoms with Crippen LogP contribution in [0.15, 0.2) is 168 Å². The van der Waals surface area contributed by atoms with Crippen LogP contribution in [0, 0.1) is 0 Å². The smallest absolute Gasteiger partial charge is 0.167 e. The third-order valence-corrected chi connectivity index (χ3v) is 8.71. The molecular weight excluding hydrogens is 574 g/mol. The number of rotatable bonds is 5. The van der Waals surface area contributed by atoms with Gasteiger partial charge >= 0.3 is 0 Å². The molecule has 4 nitrogen and oxygen atoms in total. The van der Waals surface area contributed by atoms with E-state index in [1.54, 1.807) is 0 Å². The van der Waals surface area contributed by atoms with Crippen molar-refractivity contribution < 1.29 is 4.42 Å². The van der Waals surface area contributed by atoms with Crippen molar-refractivity contribution >= 4 is 32.7 Å². The largest absolute Gasteiger partial charge is 0.455 e. The van der Waals surface area contributed by atoms with Gasteiger partial charge in [0.1, 0.15) is 11.2 Å². The van der Waals surface area contributed by atoms with E-state index in [0.29, 0.717) is 17.5 Å². The molecule has 2 heterocycles. The molecule has 4 heteroatoms. The van der Waals surface area contributed by atoms with Gasteiger partial charge in [0.25, 0.3) is 0 Å². The Labute approximate surface area is 271 Å². The van der Waals surface area contributed by atoms with Crippen LogP contribution in [-0.4, -0.2) is 15.0 Å². The number of aromatic nitrogens is 3. The van der Waals surface area contributed by atoms with Crippen LogP contribution < -0.4 is 0 Å². The van der Waals surface area contributed by atoms with Crippen LogP contribution in [0.4, 0.5) is 0 Å². The van der Waals surface area contributed by atoms with E-state index in [1.165, 1.54) is 5.39 Å². The van der Waals surface area contributed by atoms with Crippen molar-refractivity contribution in [2.75, 3.05) is 0 Å². The zero-order chi connectivity index (χ0) is 31.2. The second-order valence-corrected chi connectivity index (χ2v) is 11.6. The van der Waals surface area contributed by atoms with E-state index in [4.69, 9.17) is 19.4 Å². The Morgan fingerprint density at radius 1 is 0.362 bits per heavy atom.